The van der Waals surface area contributed by atoms with Crippen molar-refractivity contribution in [1.82, 2.24) is 5.32 Å². The number of allylic oxidation sites excluding steroid dienone is 2. The average molecular weight is 280 g/mol. The SMILES string of the molecule is BrCC1=CCNC(OCc2ccccc2)=C1. The summed E-state index contributed by atoms with van der Waals surface area (Å²) < 4.78 is 5.69. The number of alkyl halides is 1. The Balaban J connectivity index is 1.91. The summed E-state index contributed by atoms with van der Waals surface area (Å²) in [7, 11) is 0. The molecule has 1 aromatic rings. The second-order valence-corrected chi connectivity index (χ2v) is 4.14. The van der Waals surface area contributed by atoms with Crippen molar-refractivity contribution in [3.8, 4) is 0 Å². The number of dihydropyridines is 1. The maximum absolute atomic E-state index is 5.69. The molecule has 2 nitrogen and oxygen atoms in total. The maximum Gasteiger partial charge on any atom is 0.187 e. The Hall–Kier alpha value is -1.22. The third-order valence-corrected chi connectivity index (χ3v) is 3.00. The van der Waals surface area contributed by atoms with Gasteiger partial charge in [-0.3, -0.25) is 0 Å². The van der Waals surface area contributed by atoms with E-state index in [1.54, 1.807) is 0 Å². The molecule has 1 aliphatic rings. The minimum atomic E-state index is 0.606. The Morgan fingerprint density at radius 2 is 2.06 bits per heavy atom. The molecule has 2 rings (SSSR count). The van der Waals surface area contributed by atoms with Gasteiger partial charge in [-0.1, -0.05) is 52.3 Å². The van der Waals surface area contributed by atoms with E-state index in [4.69, 9.17) is 4.74 Å². The van der Waals surface area contributed by atoms with E-state index >= 15 is 0 Å². The fraction of sp³-hybridized carbons (Fsp3) is 0.231. The molecule has 1 heterocycles. The van der Waals surface area contributed by atoms with Gasteiger partial charge in [0, 0.05) is 18.0 Å². The lowest BCUT2D eigenvalue weighted by molar-refractivity contribution is 0.178. The lowest BCUT2D eigenvalue weighted by Crippen LogP contribution is -2.19. The Morgan fingerprint density at radius 3 is 2.81 bits per heavy atom. The fourth-order valence-electron chi connectivity index (χ4n) is 1.48. The van der Waals surface area contributed by atoms with Crippen LogP contribution in [0.15, 0.2) is 53.9 Å². The Morgan fingerprint density at radius 1 is 1.25 bits per heavy atom. The first kappa shape index (κ1) is 11.3. The minimum Gasteiger partial charge on any atom is -0.474 e. The third kappa shape index (κ3) is 3.14. The number of benzene rings is 1. The molecule has 0 amide bonds. The lowest BCUT2D eigenvalue weighted by atomic mass is 10.2. The number of nitrogens with one attached hydrogen (secondary N) is 1. The quantitative estimate of drug-likeness (QED) is 0.856. The van der Waals surface area contributed by atoms with Crippen molar-refractivity contribution in [3.63, 3.8) is 0 Å². The molecule has 0 aliphatic carbocycles. The Labute approximate surface area is 104 Å². The van der Waals surface area contributed by atoms with Crippen molar-refractivity contribution in [1.29, 1.82) is 0 Å². The van der Waals surface area contributed by atoms with Crippen molar-refractivity contribution in [2.75, 3.05) is 11.9 Å². The van der Waals surface area contributed by atoms with Crippen LogP contribution < -0.4 is 5.32 Å². The zero-order valence-corrected chi connectivity index (χ0v) is 10.5. The van der Waals surface area contributed by atoms with Gasteiger partial charge >= 0.3 is 0 Å². The summed E-state index contributed by atoms with van der Waals surface area (Å²) in [5.41, 5.74) is 2.43. The molecule has 0 unspecified atom stereocenters. The predicted molar refractivity (Wildman–Crippen MR) is 69.2 cm³/mol. The highest BCUT2D eigenvalue weighted by molar-refractivity contribution is 9.09. The summed E-state index contributed by atoms with van der Waals surface area (Å²) in [5.74, 6) is 0.848. The molecule has 0 radical (unpaired) electrons. The lowest BCUT2D eigenvalue weighted by Gasteiger charge is -2.16. The topological polar surface area (TPSA) is 21.3 Å². The summed E-state index contributed by atoms with van der Waals surface area (Å²) in [4.78, 5) is 0. The standard InChI is InChI=1S/C13H14BrNO/c14-9-12-6-7-15-13(8-12)16-10-11-4-2-1-3-5-11/h1-6,8,15H,7,9-10H2. The van der Waals surface area contributed by atoms with Gasteiger partial charge in [-0.25, -0.2) is 0 Å². The molecule has 16 heavy (non-hydrogen) atoms. The number of hydrogen-bond donors (Lipinski definition) is 1. The summed E-state index contributed by atoms with van der Waals surface area (Å²) in [6.07, 6.45) is 4.17. The first-order valence-corrected chi connectivity index (χ1v) is 6.38. The van der Waals surface area contributed by atoms with Crippen LogP contribution in [0.1, 0.15) is 5.56 Å². The number of rotatable bonds is 4. The molecule has 0 spiro atoms. The van der Waals surface area contributed by atoms with E-state index in [1.807, 2.05) is 24.3 Å². The molecule has 0 bridgehead atoms. The molecule has 1 aromatic carbocycles. The molecule has 0 saturated carbocycles. The van der Waals surface area contributed by atoms with Gasteiger partial charge in [0.1, 0.15) is 6.61 Å². The highest BCUT2D eigenvalue weighted by Crippen LogP contribution is 2.11. The van der Waals surface area contributed by atoms with Crippen LogP contribution >= 0.6 is 15.9 Å². The van der Waals surface area contributed by atoms with Crippen molar-refractivity contribution in [2.45, 2.75) is 6.61 Å². The van der Waals surface area contributed by atoms with Crippen LogP contribution in [0.2, 0.25) is 0 Å². The molecule has 0 aromatic heterocycles. The van der Waals surface area contributed by atoms with Crippen molar-refractivity contribution < 1.29 is 4.74 Å². The van der Waals surface area contributed by atoms with Gasteiger partial charge < -0.3 is 10.1 Å². The first-order chi connectivity index (χ1) is 7.88. The molecule has 1 aliphatic heterocycles. The molecule has 0 saturated heterocycles. The molecule has 3 heteroatoms. The van der Waals surface area contributed by atoms with Crippen LogP contribution in [0.5, 0.6) is 0 Å². The van der Waals surface area contributed by atoms with E-state index in [0.29, 0.717) is 6.61 Å². The van der Waals surface area contributed by atoms with Crippen LogP contribution in [-0.2, 0) is 11.3 Å². The van der Waals surface area contributed by atoms with E-state index in [1.165, 1.54) is 11.1 Å². The fourth-order valence-corrected chi connectivity index (χ4v) is 1.87. The van der Waals surface area contributed by atoms with Crippen LogP contribution in [0.25, 0.3) is 0 Å². The molecule has 0 fully saturated rings. The smallest absolute Gasteiger partial charge is 0.187 e. The van der Waals surface area contributed by atoms with Crippen molar-refractivity contribution >= 4 is 15.9 Å². The first-order valence-electron chi connectivity index (χ1n) is 5.26. The summed E-state index contributed by atoms with van der Waals surface area (Å²) in [6, 6.07) is 10.2. The van der Waals surface area contributed by atoms with Gasteiger partial charge in [0.15, 0.2) is 5.88 Å². The monoisotopic (exact) mass is 279 g/mol. The largest absolute Gasteiger partial charge is 0.474 e. The highest BCUT2D eigenvalue weighted by Gasteiger charge is 2.04. The predicted octanol–water partition coefficient (Wildman–Crippen LogP) is 2.97. The molecule has 1 N–H and O–H groups in total. The second-order valence-electron chi connectivity index (χ2n) is 3.58. The zero-order valence-electron chi connectivity index (χ0n) is 8.95. The number of hydrogen-bond acceptors (Lipinski definition) is 2. The maximum atomic E-state index is 5.69. The van der Waals surface area contributed by atoms with Gasteiger partial charge in [-0.05, 0) is 11.1 Å². The van der Waals surface area contributed by atoms with E-state index < -0.39 is 0 Å². The summed E-state index contributed by atoms with van der Waals surface area (Å²) in [5, 5.41) is 4.06. The van der Waals surface area contributed by atoms with E-state index in [-0.39, 0.29) is 0 Å². The van der Waals surface area contributed by atoms with Gasteiger partial charge in [0.05, 0.1) is 0 Å². The van der Waals surface area contributed by atoms with Crippen LogP contribution in [0.3, 0.4) is 0 Å². The van der Waals surface area contributed by atoms with Gasteiger partial charge in [0.2, 0.25) is 0 Å². The van der Waals surface area contributed by atoms with Crippen molar-refractivity contribution in [2.24, 2.45) is 0 Å². The molecular formula is C13H14BrNO. The second kappa shape index (κ2) is 5.75. The van der Waals surface area contributed by atoms with Crippen LogP contribution in [0.4, 0.5) is 0 Å². The van der Waals surface area contributed by atoms with Crippen LogP contribution in [0, 0.1) is 0 Å². The molecular weight excluding hydrogens is 266 g/mol. The summed E-state index contributed by atoms with van der Waals surface area (Å²) >= 11 is 3.44. The average Bonchev–Trinajstić information content (AvgIpc) is 2.38. The molecule has 84 valence electrons. The van der Waals surface area contributed by atoms with Gasteiger partial charge in [-0.15, -0.1) is 0 Å². The van der Waals surface area contributed by atoms with E-state index in [2.05, 4.69) is 39.5 Å². The Bertz CT molecular complexity index is 398. The Kier molecular flexibility index (Phi) is 4.05. The number of halogens is 1. The van der Waals surface area contributed by atoms with E-state index in [9.17, 15) is 0 Å². The highest BCUT2D eigenvalue weighted by atomic mass is 79.9. The van der Waals surface area contributed by atoms with Crippen LogP contribution in [-0.4, -0.2) is 11.9 Å². The number of ether oxygens (including phenoxy) is 1. The third-order valence-electron chi connectivity index (χ3n) is 2.35. The zero-order chi connectivity index (χ0) is 11.2. The minimum absolute atomic E-state index is 0.606. The van der Waals surface area contributed by atoms with Crippen molar-refractivity contribution in [3.05, 3.63) is 59.5 Å². The van der Waals surface area contributed by atoms with Gasteiger partial charge in [-0.2, -0.15) is 0 Å². The van der Waals surface area contributed by atoms with E-state index in [0.717, 1.165) is 17.8 Å². The normalized spacial score (nSPS) is 14.8. The summed E-state index contributed by atoms with van der Waals surface area (Å²) in [6.45, 7) is 1.44. The van der Waals surface area contributed by atoms with Gasteiger partial charge in [0.25, 0.3) is 0 Å². The molecule has 0 atom stereocenters.